The molecule has 0 saturated carbocycles. The molecule has 0 bridgehead atoms. The third-order valence-electron chi connectivity index (χ3n) is 4.37. The quantitative estimate of drug-likeness (QED) is 0.327. The maximum Gasteiger partial charge on any atom is 0.188 e. The fourth-order valence-electron chi connectivity index (χ4n) is 2.94. The molecule has 31 heavy (non-hydrogen) atoms. The minimum atomic E-state index is 0.120. The lowest BCUT2D eigenvalue weighted by molar-refractivity contribution is 0.0511. The van der Waals surface area contributed by atoms with E-state index in [4.69, 9.17) is 37.4 Å². The van der Waals surface area contributed by atoms with Crippen LogP contribution in [0.4, 0.5) is 0 Å². The maximum absolute atomic E-state index is 6.42. The topological polar surface area (TPSA) is 71.3 Å². The second-order valence-corrected chi connectivity index (χ2v) is 7.36. The van der Waals surface area contributed by atoms with Gasteiger partial charge < -0.3 is 14.2 Å². The number of tetrazole rings is 1. The molecule has 0 N–H and O–H groups in total. The van der Waals surface area contributed by atoms with Crippen LogP contribution in [0.1, 0.15) is 5.56 Å². The highest BCUT2D eigenvalue weighted by Gasteiger charge is 2.16. The summed E-state index contributed by atoms with van der Waals surface area (Å²) in [6, 6.07) is 20.2. The first-order valence-electron chi connectivity index (χ1n) is 9.33. The van der Waals surface area contributed by atoms with Gasteiger partial charge in [0.15, 0.2) is 12.6 Å². The molecule has 4 aromatic rings. The van der Waals surface area contributed by atoms with E-state index in [1.165, 1.54) is 0 Å². The molecule has 7 nitrogen and oxygen atoms in total. The summed E-state index contributed by atoms with van der Waals surface area (Å²) in [6.45, 7) is 0.444. The zero-order valence-electron chi connectivity index (χ0n) is 16.5. The van der Waals surface area contributed by atoms with Gasteiger partial charge in [-0.25, -0.2) is 4.68 Å². The summed E-state index contributed by atoms with van der Waals surface area (Å²) >= 11 is 12.7. The van der Waals surface area contributed by atoms with Crippen LogP contribution < -0.4 is 9.47 Å². The van der Waals surface area contributed by atoms with Crippen LogP contribution >= 0.6 is 23.2 Å². The highest BCUT2D eigenvalue weighted by Crippen LogP contribution is 2.32. The van der Waals surface area contributed by atoms with Gasteiger partial charge in [-0.15, -0.1) is 5.10 Å². The third-order valence-corrected chi connectivity index (χ3v) is 4.93. The SMILES string of the molecule is COCOc1ccc(Cl)c(-c2nnnn2Cc2cc(Cl)ccc2Oc2ccccc2)c1. The first kappa shape index (κ1) is 21.1. The van der Waals surface area contributed by atoms with Crippen molar-refractivity contribution in [1.29, 1.82) is 0 Å². The van der Waals surface area contributed by atoms with Gasteiger partial charge in [-0.1, -0.05) is 41.4 Å². The summed E-state index contributed by atoms with van der Waals surface area (Å²) in [5, 5.41) is 13.2. The number of ether oxygens (including phenoxy) is 3. The Kier molecular flexibility index (Phi) is 6.66. The molecule has 1 heterocycles. The van der Waals surface area contributed by atoms with Gasteiger partial charge in [0.25, 0.3) is 0 Å². The number of hydrogen-bond donors (Lipinski definition) is 0. The van der Waals surface area contributed by atoms with Gasteiger partial charge in [0.05, 0.1) is 11.6 Å². The van der Waals surface area contributed by atoms with Crippen LogP contribution in [-0.4, -0.2) is 34.1 Å². The van der Waals surface area contributed by atoms with E-state index in [-0.39, 0.29) is 6.79 Å². The minimum Gasteiger partial charge on any atom is -0.468 e. The van der Waals surface area contributed by atoms with Gasteiger partial charge in [0, 0.05) is 23.3 Å². The molecule has 0 spiro atoms. The fourth-order valence-corrected chi connectivity index (χ4v) is 3.34. The van der Waals surface area contributed by atoms with Crippen molar-refractivity contribution in [1.82, 2.24) is 20.2 Å². The van der Waals surface area contributed by atoms with E-state index in [9.17, 15) is 0 Å². The van der Waals surface area contributed by atoms with Crippen molar-refractivity contribution in [2.75, 3.05) is 13.9 Å². The molecule has 0 unspecified atom stereocenters. The molecule has 1 aromatic heterocycles. The number of halogens is 2. The van der Waals surface area contributed by atoms with Crippen molar-refractivity contribution < 1.29 is 14.2 Å². The molecule has 158 valence electrons. The lowest BCUT2D eigenvalue weighted by Crippen LogP contribution is -2.06. The van der Waals surface area contributed by atoms with Gasteiger partial charge in [0.2, 0.25) is 0 Å². The summed E-state index contributed by atoms with van der Waals surface area (Å²) < 4.78 is 18.1. The first-order valence-corrected chi connectivity index (χ1v) is 10.1. The predicted octanol–water partition coefficient (Wildman–Crippen LogP) is 5.47. The number of hydrogen-bond acceptors (Lipinski definition) is 6. The van der Waals surface area contributed by atoms with E-state index in [0.29, 0.717) is 45.2 Å². The Bertz CT molecular complexity index is 1170. The van der Waals surface area contributed by atoms with Crippen molar-refractivity contribution in [2.45, 2.75) is 6.54 Å². The highest BCUT2D eigenvalue weighted by atomic mass is 35.5. The van der Waals surface area contributed by atoms with Crippen LogP contribution in [0.15, 0.2) is 66.7 Å². The highest BCUT2D eigenvalue weighted by molar-refractivity contribution is 6.33. The fraction of sp³-hybridized carbons (Fsp3) is 0.136. The first-order chi connectivity index (χ1) is 15.1. The second-order valence-electron chi connectivity index (χ2n) is 6.52. The second kappa shape index (κ2) is 9.78. The maximum atomic E-state index is 6.42. The van der Waals surface area contributed by atoms with E-state index in [0.717, 1.165) is 5.56 Å². The molecule has 3 aromatic carbocycles. The molecule has 0 aliphatic rings. The molecule has 0 aliphatic carbocycles. The predicted molar refractivity (Wildman–Crippen MR) is 118 cm³/mol. The summed E-state index contributed by atoms with van der Waals surface area (Å²) in [7, 11) is 1.55. The Hall–Kier alpha value is -3.13. The van der Waals surface area contributed by atoms with E-state index >= 15 is 0 Å². The van der Waals surface area contributed by atoms with Gasteiger partial charge in [-0.2, -0.15) is 0 Å². The average molecular weight is 457 g/mol. The Labute approximate surface area is 189 Å². The van der Waals surface area contributed by atoms with Crippen LogP contribution in [0.5, 0.6) is 17.2 Å². The van der Waals surface area contributed by atoms with Crippen molar-refractivity contribution in [3.8, 4) is 28.6 Å². The van der Waals surface area contributed by atoms with Crippen molar-refractivity contribution >= 4 is 23.2 Å². The van der Waals surface area contributed by atoms with Crippen molar-refractivity contribution in [3.05, 3.63) is 82.3 Å². The number of para-hydroxylation sites is 1. The molecule has 0 amide bonds. The smallest absolute Gasteiger partial charge is 0.188 e. The number of benzene rings is 3. The molecule has 0 radical (unpaired) electrons. The van der Waals surface area contributed by atoms with E-state index in [1.54, 1.807) is 36.1 Å². The van der Waals surface area contributed by atoms with Crippen molar-refractivity contribution in [2.24, 2.45) is 0 Å². The van der Waals surface area contributed by atoms with Crippen LogP contribution in [0.3, 0.4) is 0 Å². The lowest BCUT2D eigenvalue weighted by atomic mass is 10.1. The molecule has 9 heteroatoms. The zero-order chi connectivity index (χ0) is 21.6. The van der Waals surface area contributed by atoms with Crippen LogP contribution in [0, 0.1) is 0 Å². The Balaban J connectivity index is 1.66. The normalized spacial score (nSPS) is 10.8. The summed E-state index contributed by atoms with van der Waals surface area (Å²) in [4.78, 5) is 0. The molecular formula is C22H18Cl2N4O3. The molecule has 0 atom stereocenters. The number of nitrogens with zero attached hydrogens (tertiary/aromatic N) is 4. The standard InChI is InChI=1S/C22H18Cl2N4O3/c1-29-14-30-18-8-9-20(24)19(12-18)22-25-26-27-28(22)13-15-11-16(23)7-10-21(15)31-17-5-3-2-4-6-17/h2-12H,13-14H2,1H3. The van der Waals surface area contributed by atoms with Crippen LogP contribution in [0.25, 0.3) is 11.4 Å². The van der Waals surface area contributed by atoms with Crippen LogP contribution in [-0.2, 0) is 11.3 Å². The zero-order valence-corrected chi connectivity index (χ0v) is 18.0. The molecule has 0 fully saturated rings. The van der Waals surface area contributed by atoms with Gasteiger partial charge in [0.1, 0.15) is 17.2 Å². The van der Waals surface area contributed by atoms with E-state index in [2.05, 4.69) is 15.5 Å². The van der Waals surface area contributed by atoms with E-state index in [1.807, 2.05) is 42.5 Å². The summed E-state index contributed by atoms with van der Waals surface area (Å²) in [5.41, 5.74) is 1.45. The Morgan fingerprint density at radius 2 is 1.77 bits per heavy atom. The number of aromatic nitrogens is 4. The Morgan fingerprint density at radius 1 is 0.935 bits per heavy atom. The lowest BCUT2D eigenvalue weighted by Gasteiger charge is -2.13. The molecular weight excluding hydrogens is 439 g/mol. The van der Waals surface area contributed by atoms with Gasteiger partial charge >= 0.3 is 0 Å². The molecule has 0 saturated heterocycles. The van der Waals surface area contributed by atoms with Crippen molar-refractivity contribution in [3.63, 3.8) is 0 Å². The molecule has 0 aliphatic heterocycles. The number of rotatable bonds is 8. The van der Waals surface area contributed by atoms with Gasteiger partial charge in [-0.05, 0) is 59.0 Å². The largest absolute Gasteiger partial charge is 0.468 e. The van der Waals surface area contributed by atoms with Crippen LogP contribution in [0.2, 0.25) is 10.0 Å². The van der Waals surface area contributed by atoms with Gasteiger partial charge in [-0.3, -0.25) is 0 Å². The molecule has 4 rings (SSSR count). The summed E-state index contributed by atoms with van der Waals surface area (Å²) in [6.07, 6.45) is 0. The van der Waals surface area contributed by atoms with E-state index < -0.39 is 0 Å². The third kappa shape index (κ3) is 5.14. The summed E-state index contributed by atoms with van der Waals surface area (Å²) in [5.74, 6) is 2.44. The average Bonchev–Trinajstić information content (AvgIpc) is 3.23. The Morgan fingerprint density at radius 3 is 2.58 bits per heavy atom. The monoisotopic (exact) mass is 456 g/mol. The minimum absolute atomic E-state index is 0.120. The number of methoxy groups -OCH3 is 1.